The van der Waals surface area contributed by atoms with Gasteiger partial charge in [-0.05, 0) is 12.1 Å². The van der Waals surface area contributed by atoms with E-state index >= 15 is 0 Å². The summed E-state index contributed by atoms with van der Waals surface area (Å²) in [7, 11) is -3.42. The lowest BCUT2D eigenvalue weighted by Gasteiger charge is -2.06. The van der Waals surface area contributed by atoms with Crippen molar-refractivity contribution < 1.29 is 8.42 Å². The second-order valence-corrected chi connectivity index (χ2v) is 4.27. The molecule has 1 aromatic carbocycles. The van der Waals surface area contributed by atoms with E-state index in [1.165, 1.54) is 6.07 Å². The minimum atomic E-state index is -3.42. The number of nitrogen functional groups attached to an aromatic ring is 1. The van der Waals surface area contributed by atoms with Gasteiger partial charge in [0.15, 0.2) is 0 Å². The van der Waals surface area contributed by atoms with E-state index in [-0.39, 0.29) is 10.6 Å². The van der Waals surface area contributed by atoms with Crippen molar-refractivity contribution in [3.63, 3.8) is 0 Å². The van der Waals surface area contributed by atoms with Crippen LogP contribution in [-0.2, 0) is 10.0 Å². The summed E-state index contributed by atoms with van der Waals surface area (Å²) in [6.45, 7) is 2.08. The molecule has 72 valence electrons. The second kappa shape index (κ2) is 3.76. The lowest BCUT2D eigenvalue weighted by Crippen LogP contribution is -2.23. The summed E-state index contributed by atoms with van der Waals surface area (Å²) in [5, 5.41) is 0. The highest BCUT2D eigenvalue weighted by Crippen LogP contribution is 2.16. The van der Waals surface area contributed by atoms with E-state index in [0.29, 0.717) is 6.54 Å². The molecular formula is C8H12N2O2S. The highest BCUT2D eigenvalue weighted by molar-refractivity contribution is 7.89. The van der Waals surface area contributed by atoms with Gasteiger partial charge in [-0.1, -0.05) is 19.1 Å². The molecule has 13 heavy (non-hydrogen) atoms. The molecule has 0 heterocycles. The molecule has 3 N–H and O–H groups in total. The van der Waals surface area contributed by atoms with Gasteiger partial charge in [0.25, 0.3) is 0 Å². The molecule has 0 unspecified atom stereocenters. The number of nitrogens with one attached hydrogen (secondary N) is 1. The van der Waals surface area contributed by atoms with Crippen molar-refractivity contribution in [2.45, 2.75) is 11.8 Å². The van der Waals surface area contributed by atoms with Gasteiger partial charge < -0.3 is 5.73 Å². The fraction of sp³-hybridized carbons (Fsp3) is 0.250. The first-order valence-corrected chi connectivity index (χ1v) is 5.40. The number of sulfonamides is 1. The lowest BCUT2D eigenvalue weighted by molar-refractivity contribution is 0.584. The zero-order chi connectivity index (χ0) is 9.90. The average molecular weight is 200 g/mol. The maximum Gasteiger partial charge on any atom is 0.242 e. The molecule has 0 radical (unpaired) electrons. The highest BCUT2D eigenvalue weighted by Gasteiger charge is 2.14. The Balaban J connectivity index is 3.15. The molecule has 5 heteroatoms. The van der Waals surface area contributed by atoms with Crippen molar-refractivity contribution in [2.24, 2.45) is 0 Å². The third-order valence-electron chi connectivity index (χ3n) is 1.54. The van der Waals surface area contributed by atoms with Crippen molar-refractivity contribution in [1.82, 2.24) is 4.72 Å². The Morgan fingerprint density at radius 3 is 2.54 bits per heavy atom. The molecule has 0 saturated carbocycles. The Bertz CT molecular complexity index is 387. The lowest BCUT2D eigenvalue weighted by atomic mass is 10.3. The first kappa shape index (κ1) is 10.0. The van der Waals surface area contributed by atoms with E-state index < -0.39 is 10.0 Å². The number of para-hydroxylation sites is 1. The van der Waals surface area contributed by atoms with Crippen LogP contribution in [0.25, 0.3) is 0 Å². The Hall–Kier alpha value is -1.07. The molecule has 1 aromatic rings. The van der Waals surface area contributed by atoms with Crippen LogP contribution in [0.4, 0.5) is 5.69 Å². The average Bonchev–Trinajstić information content (AvgIpc) is 2.04. The van der Waals surface area contributed by atoms with E-state index in [4.69, 9.17) is 5.73 Å². The Morgan fingerprint density at radius 2 is 2.00 bits per heavy atom. The quantitative estimate of drug-likeness (QED) is 0.700. The van der Waals surface area contributed by atoms with Gasteiger partial charge in [0.2, 0.25) is 10.0 Å². The topological polar surface area (TPSA) is 72.2 Å². The van der Waals surface area contributed by atoms with E-state index in [1.54, 1.807) is 25.1 Å². The zero-order valence-corrected chi connectivity index (χ0v) is 8.14. The van der Waals surface area contributed by atoms with Crippen LogP contribution in [0.2, 0.25) is 0 Å². The van der Waals surface area contributed by atoms with Gasteiger partial charge in [-0.3, -0.25) is 0 Å². The normalized spacial score (nSPS) is 11.5. The van der Waals surface area contributed by atoms with Gasteiger partial charge in [-0.15, -0.1) is 0 Å². The van der Waals surface area contributed by atoms with Crippen molar-refractivity contribution in [2.75, 3.05) is 12.3 Å². The molecule has 0 amide bonds. The van der Waals surface area contributed by atoms with Crippen LogP contribution in [0.1, 0.15) is 6.92 Å². The highest BCUT2D eigenvalue weighted by atomic mass is 32.2. The molecule has 1 rings (SSSR count). The van der Waals surface area contributed by atoms with Gasteiger partial charge in [0.05, 0.1) is 5.69 Å². The van der Waals surface area contributed by atoms with Crippen LogP contribution in [0.3, 0.4) is 0 Å². The second-order valence-electron chi connectivity index (χ2n) is 2.54. The summed E-state index contributed by atoms with van der Waals surface area (Å²) < 4.78 is 25.3. The van der Waals surface area contributed by atoms with E-state index in [2.05, 4.69) is 4.72 Å². The third-order valence-corrected chi connectivity index (χ3v) is 3.16. The Kier molecular flexibility index (Phi) is 2.90. The van der Waals surface area contributed by atoms with Crippen LogP contribution in [0, 0.1) is 0 Å². The number of rotatable bonds is 3. The van der Waals surface area contributed by atoms with Crippen molar-refractivity contribution in [3.8, 4) is 0 Å². The maximum absolute atomic E-state index is 11.5. The summed E-state index contributed by atoms with van der Waals surface area (Å²) >= 11 is 0. The molecule has 0 aliphatic carbocycles. The Morgan fingerprint density at radius 1 is 1.38 bits per heavy atom. The van der Waals surface area contributed by atoms with Crippen LogP contribution in [0.5, 0.6) is 0 Å². The molecule has 0 bridgehead atoms. The number of benzene rings is 1. The van der Waals surface area contributed by atoms with Crippen molar-refractivity contribution in [3.05, 3.63) is 24.3 Å². The fourth-order valence-corrected chi connectivity index (χ4v) is 2.16. The molecule has 0 spiro atoms. The van der Waals surface area contributed by atoms with Gasteiger partial charge in [0.1, 0.15) is 4.90 Å². The molecule has 0 aliphatic heterocycles. The summed E-state index contributed by atoms with van der Waals surface area (Å²) in [5.41, 5.74) is 5.78. The predicted octanol–water partition coefficient (Wildman–Crippen LogP) is 0.567. The zero-order valence-electron chi connectivity index (χ0n) is 7.32. The summed E-state index contributed by atoms with van der Waals surface area (Å²) in [6, 6.07) is 6.37. The third kappa shape index (κ3) is 2.19. The smallest absolute Gasteiger partial charge is 0.242 e. The van der Waals surface area contributed by atoms with E-state index in [9.17, 15) is 8.42 Å². The van der Waals surface area contributed by atoms with Crippen LogP contribution < -0.4 is 10.5 Å². The summed E-state index contributed by atoms with van der Waals surface area (Å²) in [5.74, 6) is 0. The number of nitrogens with two attached hydrogens (primary N) is 1. The number of anilines is 1. The number of hydrogen-bond donors (Lipinski definition) is 2. The minimum Gasteiger partial charge on any atom is -0.398 e. The van der Waals surface area contributed by atoms with E-state index in [0.717, 1.165) is 0 Å². The van der Waals surface area contributed by atoms with Crippen molar-refractivity contribution >= 4 is 15.7 Å². The molecule has 0 aliphatic rings. The van der Waals surface area contributed by atoms with Gasteiger partial charge in [-0.25, -0.2) is 13.1 Å². The molecule has 0 aromatic heterocycles. The number of hydrogen-bond acceptors (Lipinski definition) is 3. The van der Waals surface area contributed by atoms with Crippen LogP contribution in [-0.4, -0.2) is 15.0 Å². The van der Waals surface area contributed by atoms with Gasteiger partial charge in [0, 0.05) is 6.54 Å². The molecule has 0 saturated heterocycles. The summed E-state index contributed by atoms with van der Waals surface area (Å²) in [6.07, 6.45) is 0. The van der Waals surface area contributed by atoms with Gasteiger partial charge in [-0.2, -0.15) is 0 Å². The molecule has 0 atom stereocenters. The molecule has 4 nitrogen and oxygen atoms in total. The largest absolute Gasteiger partial charge is 0.398 e. The van der Waals surface area contributed by atoms with Crippen LogP contribution in [0.15, 0.2) is 29.2 Å². The summed E-state index contributed by atoms with van der Waals surface area (Å²) in [4.78, 5) is 0.136. The SMILES string of the molecule is CCNS(=O)(=O)c1ccccc1N. The monoisotopic (exact) mass is 200 g/mol. The first-order chi connectivity index (χ1) is 6.08. The molecular weight excluding hydrogens is 188 g/mol. The van der Waals surface area contributed by atoms with E-state index in [1.807, 2.05) is 0 Å². The fourth-order valence-electron chi connectivity index (χ4n) is 0.993. The first-order valence-electron chi connectivity index (χ1n) is 3.92. The molecule has 0 fully saturated rings. The van der Waals surface area contributed by atoms with Crippen LogP contribution >= 0.6 is 0 Å². The maximum atomic E-state index is 11.5. The standard InChI is InChI=1S/C8H12N2O2S/c1-2-10-13(11,12)8-6-4-3-5-7(8)9/h3-6,10H,2,9H2,1H3. The van der Waals surface area contributed by atoms with Crippen molar-refractivity contribution in [1.29, 1.82) is 0 Å². The van der Waals surface area contributed by atoms with Gasteiger partial charge >= 0.3 is 0 Å². The predicted molar refractivity (Wildman–Crippen MR) is 51.7 cm³/mol. The Labute approximate surface area is 77.8 Å². The minimum absolute atomic E-state index is 0.136.